The lowest BCUT2D eigenvalue weighted by Gasteiger charge is -2.33. The molecule has 17 rings (SSSR count). The zero-order valence-electron chi connectivity index (χ0n) is 39.2. The lowest BCUT2D eigenvalue weighted by Crippen LogP contribution is -2.49. The topological polar surface area (TPSA) is 38.2 Å². The maximum atomic E-state index is 7.20. The number of fused-ring (bicyclic) bond motifs is 17. The Labute approximate surface area is 418 Å². The molecular weight excluding hydrogens is 892 g/mol. The molecule has 11 aromatic carbocycles. The van der Waals surface area contributed by atoms with Crippen LogP contribution in [0.15, 0.2) is 237 Å². The van der Waals surface area contributed by atoms with Crippen molar-refractivity contribution in [2.24, 2.45) is 0 Å². The van der Waals surface area contributed by atoms with Gasteiger partial charge >= 0.3 is 7.12 Å². The van der Waals surface area contributed by atoms with Crippen molar-refractivity contribution in [2.75, 3.05) is 0 Å². The third-order valence-corrected chi connectivity index (χ3v) is 15.8. The number of rotatable bonds is 4. The molecule has 2 aliphatic heterocycles. The van der Waals surface area contributed by atoms with Crippen LogP contribution in [0.25, 0.3) is 132 Å². The standard InChI is InChI=1S/C66H39BN4O2/c1-2-16-40(17-3-1)68-60-29-15-9-23-52(60)64-61(68)35-34-51-48-22-8-14-28-59(48)71(66(51)64)43-36-53-49-32-30-41(69-55-24-10-4-18-44(55)45-19-5-11-25-56(45)69)38-62(49)72-67-65(53)54(37-43)50-33-31-42(39-63(50)73-67)70-57-26-12-6-20-46(57)47-21-7-13-27-58(47)70/h1-39H. The number of aromatic nitrogens is 4. The highest BCUT2D eigenvalue weighted by Crippen LogP contribution is 2.48. The van der Waals surface area contributed by atoms with E-state index in [9.17, 15) is 0 Å². The van der Waals surface area contributed by atoms with Crippen molar-refractivity contribution < 1.29 is 9.31 Å². The van der Waals surface area contributed by atoms with Gasteiger partial charge in [-0.2, -0.15) is 0 Å². The summed E-state index contributed by atoms with van der Waals surface area (Å²) in [7, 11) is -0.699. The Balaban J connectivity index is 0.953. The summed E-state index contributed by atoms with van der Waals surface area (Å²) in [5.74, 6) is 1.55. The summed E-state index contributed by atoms with van der Waals surface area (Å²) in [5.41, 5.74) is 18.8. The molecule has 0 atom stereocenters. The molecule has 0 spiro atoms. The lowest BCUT2D eigenvalue weighted by molar-refractivity contribution is 0.436. The quantitative estimate of drug-likeness (QED) is 0.165. The smallest absolute Gasteiger partial charge is 0.521 e. The van der Waals surface area contributed by atoms with E-state index in [0.29, 0.717) is 0 Å². The largest absolute Gasteiger partial charge is 0.633 e. The van der Waals surface area contributed by atoms with Crippen molar-refractivity contribution in [1.29, 1.82) is 0 Å². The molecule has 0 unspecified atom stereocenters. The molecule has 73 heavy (non-hydrogen) atoms. The fourth-order valence-electron chi connectivity index (χ4n) is 12.8. The monoisotopic (exact) mass is 930 g/mol. The molecule has 0 saturated heterocycles. The van der Waals surface area contributed by atoms with E-state index in [-0.39, 0.29) is 0 Å². The van der Waals surface area contributed by atoms with E-state index < -0.39 is 7.12 Å². The molecule has 7 heteroatoms. The van der Waals surface area contributed by atoms with Gasteiger partial charge in [-0.15, -0.1) is 0 Å². The van der Waals surface area contributed by atoms with Crippen molar-refractivity contribution >= 4 is 99.8 Å². The highest BCUT2D eigenvalue weighted by Gasteiger charge is 2.43. The molecule has 338 valence electrons. The molecule has 6 nitrogen and oxygen atoms in total. The maximum absolute atomic E-state index is 7.20. The zero-order valence-corrected chi connectivity index (χ0v) is 39.2. The average Bonchev–Trinajstić information content (AvgIpc) is 4.18. The molecule has 0 N–H and O–H groups in total. The highest BCUT2D eigenvalue weighted by molar-refractivity contribution is 6.68. The third-order valence-electron chi connectivity index (χ3n) is 15.8. The predicted octanol–water partition coefficient (Wildman–Crippen LogP) is 15.9. The molecule has 6 heterocycles. The van der Waals surface area contributed by atoms with E-state index in [0.717, 1.165) is 95.1 Å². The van der Waals surface area contributed by atoms with Gasteiger partial charge in [0.1, 0.15) is 11.5 Å². The molecular formula is C66H39BN4O2. The number of benzene rings is 11. The van der Waals surface area contributed by atoms with Crippen molar-refractivity contribution in [3.8, 4) is 56.5 Å². The summed E-state index contributed by atoms with van der Waals surface area (Å²) in [6.07, 6.45) is 0. The van der Waals surface area contributed by atoms with Crippen LogP contribution in [0.5, 0.6) is 11.5 Å². The van der Waals surface area contributed by atoms with E-state index in [1.807, 2.05) is 0 Å². The van der Waals surface area contributed by atoms with Crippen molar-refractivity contribution in [3.63, 3.8) is 0 Å². The van der Waals surface area contributed by atoms with Gasteiger partial charge in [0.05, 0.1) is 44.1 Å². The van der Waals surface area contributed by atoms with E-state index >= 15 is 0 Å². The van der Waals surface area contributed by atoms with Gasteiger partial charge in [0.2, 0.25) is 0 Å². The third kappa shape index (κ3) is 5.27. The lowest BCUT2D eigenvalue weighted by atomic mass is 9.66. The second-order valence-electron chi connectivity index (χ2n) is 19.5. The van der Waals surface area contributed by atoms with Crippen LogP contribution in [0.2, 0.25) is 0 Å². The number of para-hydroxylation sites is 7. The number of hydrogen-bond donors (Lipinski definition) is 0. The molecule has 0 amide bonds. The number of hydrogen-bond acceptors (Lipinski definition) is 2. The van der Waals surface area contributed by atoms with Crippen molar-refractivity contribution in [1.82, 2.24) is 18.3 Å². The minimum Gasteiger partial charge on any atom is -0.521 e. The van der Waals surface area contributed by atoms with Gasteiger partial charge in [0.25, 0.3) is 0 Å². The van der Waals surface area contributed by atoms with Crippen LogP contribution < -0.4 is 14.8 Å². The van der Waals surface area contributed by atoms with E-state index in [4.69, 9.17) is 9.31 Å². The summed E-state index contributed by atoms with van der Waals surface area (Å²) in [6.45, 7) is 0. The molecule has 15 aromatic rings. The minimum atomic E-state index is -0.699. The van der Waals surface area contributed by atoms with Crippen LogP contribution in [0.3, 0.4) is 0 Å². The van der Waals surface area contributed by atoms with E-state index in [1.165, 1.54) is 54.1 Å². The van der Waals surface area contributed by atoms with Crippen molar-refractivity contribution in [2.45, 2.75) is 0 Å². The molecule has 0 fully saturated rings. The van der Waals surface area contributed by atoms with Gasteiger partial charge in [-0.3, -0.25) is 0 Å². The second kappa shape index (κ2) is 14.4. The molecule has 0 radical (unpaired) electrons. The summed E-state index contributed by atoms with van der Waals surface area (Å²) >= 11 is 0. The summed E-state index contributed by atoms with van der Waals surface area (Å²) in [6, 6.07) is 85.9. The Morgan fingerprint density at radius 3 is 1.15 bits per heavy atom. The fourth-order valence-corrected chi connectivity index (χ4v) is 12.8. The van der Waals surface area contributed by atoms with Gasteiger partial charge in [0.15, 0.2) is 0 Å². The van der Waals surface area contributed by atoms with Crippen LogP contribution in [-0.2, 0) is 0 Å². The first-order valence-corrected chi connectivity index (χ1v) is 25.0. The molecule has 2 aliphatic rings. The minimum absolute atomic E-state index is 0.699. The van der Waals surface area contributed by atoms with Gasteiger partial charge in [-0.05, 0) is 102 Å². The van der Waals surface area contributed by atoms with Gasteiger partial charge in [0, 0.05) is 94.6 Å². The average molecular weight is 931 g/mol. The first-order valence-electron chi connectivity index (χ1n) is 25.0. The Hall–Kier alpha value is -9.72. The van der Waals surface area contributed by atoms with Crippen LogP contribution in [0.1, 0.15) is 0 Å². The normalized spacial score (nSPS) is 12.8. The van der Waals surface area contributed by atoms with Gasteiger partial charge < -0.3 is 27.6 Å². The molecule has 0 bridgehead atoms. The van der Waals surface area contributed by atoms with Crippen LogP contribution in [0, 0.1) is 0 Å². The van der Waals surface area contributed by atoms with Gasteiger partial charge in [-0.25, -0.2) is 0 Å². The van der Waals surface area contributed by atoms with Crippen LogP contribution in [-0.4, -0.2) is 25.4 Å². The summed E-state index contributed by atoms with van der Waals surface area (Å²) in [5, 5.41) is 9.72. The summed E-state index contributed by atoms with van der Waals surface area (Å²) in [4.78, 5) is 0. The molecule has 0 saturated carbocycles. The highest BCUT2D eigenvalue weighted by atomic mass is 16.6. The Morgan fingerprint density at radius 2 is 0.658 bits per heavy atom. The Bertz CT molecular complexity index is 4590. The van der Waals surface area contributed by atoms with Crippen LogP contribution >= 0.6 is 0 Å². The zero-order chi connectivity index (χ0) is 47.5. The second-order valence-corrected chi connectivity index (χ2v) is 19.5. The summed E-state index contributed by atoms with van der Waals surface area (Å²) < 4.78 is 24.0. The Morgan fingerprint density at radius 1 is 0.260 bits per heavy atom. The SMILES string of the molecule is c1ccc(-n2c3ccccc3c3c2ccc2c4ccccc4n(-c4cc5c6c(c4)-c4ccc(-n7c8ccccc8c8ccccc87)cc4OB6Oc4cc(-n6c7ccccc7c7ccccc76)ccc4-5)c23)cc1. The van der Waals surface area contributed by atoms with E-state index in [2.05, 4.69) is 255 Å². The van der Waals surface area contributed by atoms with E-state index in [1.54, 1.807) is 0 Å². The van der Waals surface area contributed by atoms with Crippen LogP contribution in [0.4, 0.5) is 0 Å². The first kappa shape index (κ1) is 39.1. The van der Waals surface area contributed by atoms with Gasteiger partial charge in [-0.1, -0.05) is 133 Å². The predicted molar refractivity (Wildman–Crippen MR) is 301 cm³/mol. The first-order chi connectivity index (χ1) is 36.2. The maximum Gasteiger partial charge on any atom is 0.633 e. The Kier molecular flexibility index (Phi) is 7.73. The number of nitrogens with zero attached hydrogens (tertiary/aromatic N) is 4. The van der Waals surface area contributed by atoms with Crippen molar-refractivity contribution in [3.05, 3.63) is 237 Å². The fraction of sp³-hybridized carbons (Fsp3) is 0. The molecule has 4 aromatic heterocycles. The molecule has 0 aliphatic carbocycles.